The van der Waals surface area contributed by atoms with E-state index in [1.807, 2.05) is 53.4 Å². The van der Waals surface area contributed by atoms with Gasteiger partial charge in [0.15, 0.2) is 11.5 Å². The highest BCUT2D eigenvalue weighted by Gasteiger charge is 2.29. The maximum Gasteiger partial charge on any atom is 0.247 e. The lowest BCUT2D eigenvalue weighted by Gasteiger charge is -2.26. The second-order valence-corrected chi connectivity index (χ2v) is 8.01. The van der Waals surface area contributed by atoms with Gasteiger partial charge in [0.05, 0.1) is 16.3 Å². The number of rotatable bonds is 3. The number of amides is 1. The fourth-order valence-electron chi connectivity index (χ4n) is 3.84. The van der Waals surface area contributed by atoms with Gasteiger partial charge < -0.3 is 14.4 Å². The van der Waals surface area contributed by atoms with Gasteiger partial charge >= 0.3 is 0 Å². The third-order valence-corrected chi connectivity index (χ3v) is 6.17. The van der Waals surface area contributed by atoms with Crippen LogP contribution in [0, 0.1) is 0 Å². The maximum atomic E-state index is 12.9. The topological polar surface area (TPSA) is 51.7 Å². The first-order chi connectivity index (χ1) is 13.8. The Morgan fingerprint density at radius 2 is 2.00 bits per heavy atom. The van der Waals surface area contributed by atoms with Gasteiger partial charge in [-0.05, 0) is 48.7 Å². The molecule has 3 aromatic rings. The molecule has 5 rings (SSSR count). The van der Waals surface area contributed by atoms with Crippen molar-refractivity contribution >= 4 is 33.5 Å². The predicted molar refractivity (Wildman–Crippen MR) is 110 cm³/mol. The number of likely N-dealkylation sites (tertiary alicyclic amines) is 1. The SMILES string of the molecule is O=C(/C=C/c1nc2ccccc2s1)N1CCC[C@@H]1c1ccc2c(c1)OCCO2. The molecule has 0 radical (unpaired) electrons. The number of hydrogen-bond donors (Lipinski definition) is 0. The molecule has 0 N–H and O–H groups in total. The van der Waals surface area contributed by atoms with Crippen molar-refractivity contribution in [1.29, 1.82) is 0 Å². The van der Waals surface area contributed by atoms with Crippen molar-refractivity contribution in [3.8, 4) is 11.5 Å². The first-order valence-corrected chi connectivity index (χ1v) is 10.3. The summed E-state index contributed by atoms with van der Waals surface area (Å²) >= 11 is 1.60. The van der Waals surface area contributed by atoms with E-state index in [2.05, 4.69) is 4.98 Å². The highest BCUT2D eigenvalue weighted by molar-refractivity contribution is 7.19. The van der Waals surface area contributed by atoms with Gasteiger partial charge in [-0.15, -0.1) is 11.3 Å². The highest BCUT2D eigenvalue weighted by atomic mass is 32.1. The quantitative estimate of drug-likeness (QED) is 0.618. The lowest BCUT2D eigenvalue weighted by Crippen LogP contribution is -2.29. The lowest BCUT2D eigenvalue weighted by atomic mass is 10.0. The normalized spacial score (nSPS) is 18.9. The van der Waals surface area contributed by atoms with Crippen molar-refractivity contribution in [1.82, 2.24) is 9.88 Å². The average molecular weight is 392 g/mol. The molecule has 0 aliphatic carbocycles. The van der Waals surface area contributed by atoms with Crippen LogP contribution in [0.4, 0.5) is 0 Å². The zero-order valence-electron chi connectivity index (χ0n) is 15.3. The van der Waals surface area contributed by atoms with E-state index in [9.17, 15) is 4.79 Å². The molecule has 142 valence electrons. The third kappa shape index (κ3) is 3.24. The molecule has 0 bridgehead atoms. The lowest BCUT2D eigenvalue weighted by molar-refractivity contribution is -0.126. The molecule has 1 fully saturated rings. The van der Waals surface area contributed by atoms with Gasteiger partial charge in [0.25, 0.3) is 0 Å². The summed E-state index contributed by atoms with van der Waals surface area (Å²) in [6, 6.07) is 14.1. The Morgan fingerprint density at radius 1 is 1.14 bits per heavy atom. The smallest absolute Gasteiger partial charge is 0.247 e. The number of fused-ring (bicyclic) bond motifs is 2. The number of carbonyl (C=O) groups excluding carboxylic acids is 1. The van der Waals surface area contributed by atoms with Gasteiger partial charge in [-0.1, -0.05) is 18.2 Å². The Bertz CT molecular complexity index is 1030. The van der Waals surface area contributed by atoms with E-state index in [-0.39, 0.29) is 11.9 Å². The molecule has 5 nitrogen and oxygen atoms in total. The standard InChI is InChI=1S/C22H20N2O3S/c25-22(10-9-21-23-16-4-1-2-6-20(16)28-21)24-11-3-5-17(24)15-7-8-18-19(14-15)27-13-12-26-18/h1-2,4,6-10,14,17H,3,5,11-13H2/b10-9+/t17-/m1/s1. The van der Waals surface area contributed by atoms with Crippen molar-refractivity contribution in [2.45, 2.75) is 18.9 Å². The molecule has 28 heavy (non-hydrogen) atoms. The predicted octanol–water partition coefficient (Wildman–Crippen LogP) is 4.44. The zero-order valence-corrected chi connectivity index (χ0v) is 16.2. The number of nitrogens with zero attached hydrogens (tertiary/aromatic N) is 2. The van der Waals surface area contributed by atoms with Crippen molar-refractivity contribution in [2.75, 3.05) is 19.8 Å². The molecule has 0 saturated carbocycles. The van der Waals surface area contributed by atoms with E-state index in [1.165, 1.54) is 0 Å². The Hall–Kier alpha value is -2.86. The summed E-state index contributed by atoms with van der Waals surface area (Å²) in [7, 11) is 0. The third-order valence-electron chi connectivity index (χ3n) is 5.17. The van der Waals surface area contributed by atoms with Crippen molar-refractivity contribution in [3.05, 3.63) is 59.1 Å². The number of ether oxygens (including phenoxy) is 2. The van der Waals surface area contributed by atoms with Gasteiger partial charge in [-0.2, -0.15) is 0 Å². The maximum absolute atomic E-state index is 12.9. The molecular formula is C22H20N2O3S. The molecule has 2 aromatic carbocycles. The van der Waals surface area contributed by atoms with Crippen molar-refractivity contribution < 1.29 is 14.3 Å². The Balaban J connectivity index is 1.35. The molecule has 0 spiro atoms. The minimum absolute atomic E-state index is 0.0247. The number of hydrogen-bond acceptors (Lipinski definition) is 5. The Labute approximate surface area is 167 Å². The van der Waals surface area contributed by atoms with Gasteiger partial charge in [-0.25, -0.2) is 4.98 Å². The van der Waals surface area contributed by atoms with E-state index in [0.717, 1.165) is 51.7 Å². The largest absolute Gasteiger partial charge is 0.486 e. The Morgan fingerprint density at radius 3 is 2.89 bits per heavy atom. The van der Waals surface area contributed by atoms with Crippen LogP contribution in [0.1, 0.15) is 29.5 Å². The Kier molecular flexibility index (Phi) is 4.49. The summed E-state index contributed by atoms with van der Waals surface area (Å²) in [6.07, 6.45) is 5.43. The van der Waals surface area contributed by atoms with Crippen molar-refractivity contribution in [2.24, 2.45) is 0 Å². The van der Waals surface area contributed by atoms with Crippen LogP contribution in [0.5, 0.6) is 11.5 Å². The molecule has 1 amide bonds. The summed E-state index contributed by atoms with van der Waals surface area (Å²) in [5, 5.41) is 0.852. The van der Waals surface area contributed by atoms with Crippen LogP contribution in [-0.2, 0) is 4.79 Å². The average Bonchev–Trinajstić information content (AvgIpc) is 3.38. The molecule has 1 atom stereocenters. The molecule has 6 heteroatoms. The molecule has 2 aliphatic heterocycles. The van der Waals surface area contributed by atoms with Crippen molar-refractivity contribution in [3.63, 3.8) is 0 Å². The van der Waals surface area contributed by atoms with Gasteiger partial charge in [0, 0.05) is 12.6 Å². The summed E-state index contributed by atoms with van der Waals surface area (Å²) in [5.74, 6) is 1.58. The van der Waals surface area contributed by atoms with E-state index in [0.29, 0.717) is 13.2 Å². The number of carbonyl (C=O) groups is 1. The monoisotopic (exact) mass is 392 g/mol. The van der Waals surface area contributed by atoms with Crippen LogP contribution in [0.2, 0.25) is 0 Å². The number of aromatic nitrogens is 1. The van der Waals surface area contributed by atoms with E-state index in [1.54, 1.807) is 17.4 Å². The summed E-state index contributed by atoms with van der Waals surface area (Å²) < 4.78 is 12.4. The van der Waals surface area contributed by atoms with Crippen LogP contribution in [0.15, 0.2) is 48.5 Å². The highest BCUT2D eigenvalue weighted by Crippen LogP contribution is 2.38. The number of thiazole rings is 1. The molecule has 1 aromatic heterocycles. The number of benzene rings is 2. The van der Waals surface area contributed by atoms with Gasteiger partial charge in [0.1, 0.15) is 18.2 Å². The van der Waals surface area contributed by atoms with Crippen LogP contribution in [0.3, 0.4) is 0 Å². The summed E-state index contributed by atoms with van der Waals surface area (Å²) in [6.45, 7) is 1.91. The van der Waals surface area contributed by atoms with Crippen LogP contribution in [-0.4, -0.2) is 35.5 Å². The fourth-order valence-corrected chi connectivity index (χ4v) is 4.71. The van der Waals surface area contributed by atoms with E-state index < -0.39 is 0 Å². The van der Waals surface area contributed by atoms with E-state index in [4.69, 9.17) is 9.47 Å². The minimum atomic E-state index is 0.0247. The van der Waals surface area contributed by atoms with Crippen LogP contribution in [0.25, 0.3) is 16.3 Å². The summed E-state index contributed by atoms with van der Waals surface area (Å²) in [4.78, 5) is 19.4. The molecule has 1 saturated heterocycles. The second-order valence-electron chi connectivity index (χ2n) is 6.95. The first kappa shape index (κ1) is 17.3. The minimum Gasteiger partial charge on any atom is -0.486 e. The first-order valence-electron chi connectivity index (χ1n) is 9.52. The zero-order chi connectivity index (χ0) is 18.9. The molecule has 2 aliphatic rings. The van der Waals surface area contributed by atoms with Crippen LogP contribution < -0.4 is 9.47 Å². The van der Waals surface area contributed by atoms with Crippen LogP contribution >= 0.6 is 11.3 Å². The van der Waals surface area contributed by atoms with Gasteiger partial charge in [-0.3, -0.25) is 4.79 Å². The number of para-hydroxylation sites is 1. The molecule has 0 unspecified atom stereocenters. The summed E-state index contributed by atoms with van der Waals surface area (Å²) in [5.41, 5.74) is 2.07. The fraction of sp³-hybridized carbons (Fsp3) is 0.273. The molecular weight excluding hydrogens is 372 g/mol. The van der Waals surface area contributed by atoms with E-state index >= 15 is 0 Å². The second kappa shape index (κ2) is 7.28. The molecule has 3 heterocycles. The van der Waals surface area contributed by atoms with Gasteiger partial charge in [0.2, 0.25) is 5.91 Å².